The number of carbonyl (C=O) groups excluding carboxylic acids is 2. The SMILES string of the molecule is C[C@H](c1cccc([N+](=O)[O-])c1)N(C)C(=O)c1ccc(NC(=O)c2cccs2)cc1. The lowest BCUT2D eigenvalue weighted by atomic mass is 10.1. The minimum atomic E-state index is -0.457. The Morgan fingerprint density at radius 2 is 1.83 bits per heavy atom. The number of rotatable bonds is 6. The predicted octanol–water partition coefficient (Wildman–Crippen LogP) is 4.74. The molecule has 1 atom stereocenters. The summed E-state index contributed by atoms with van der Waals surface area (Å²) in [5, 5.41) is 15.6. The fourth-order valence-corrected chi connectivity index (χ4v) is 3.42. The molecule has 0 saturated heterocycles. The van der Waals surface area contributed by atoms with Gasteiger partial charge in [0.05, 0.1) is 15.8 Å². The standard InChI is InChI=1S/C21H19N3O4S/c1-14(16-5-3-6-18(13-16)24(27)28)23(2)21(26)15-8-10-17(11-9-15)22-20(25)19-7-4-12-29-19/h3-14H,1-2H3,(H,22,25)/t14-/m1/s1. The largest absolute Gasteiger partial charge is 0.335 e. The summed E-state index contributed by atoms with van der Waals surface area (Å²) in [7, 11) is 1.65. The molecule has 0 aliphatic carbocycles. The van der Waals surface area contributed by atoms with Crippen molar-refractivity contribution in [1.29, 1.82) is 0 Å². The first-order valence-corrected chi connectivity index (χ1v) is 9.71. The fraction of sp³-hybridized carbons (Fsp3) is 0.143. The summed E-state index contributed by atoms with van der Waals surface area (Å²) in [6.07, 6.45) is 0. The van der Waals surface area contributed by atoms with Crippen molar-refractivity contribution in [3.63, 3.8) is 0 Å². The zero-order valence-electron chi connectivity index (χ0n) is 15.9. The Labute approximate surface area is 171 Å². The number of nitrogens with zero attached hydrogens (tertiary/aromatic N) is 2. The summed E-state index contributed by atoms with van der Waals surface area (Å²) in [4.78, 5) is 37.6. The highest BCUT2D eigenvalue weighted by atomic mass is 32.1. The molecule has 7 nitrogen and oxygen atoms in total. The lowest BCUT2D eigenvalue weighted by Gasteiger charge is -2.25. The molecule has 1 aromatic heterocycles. The van der Waals surface area contributed by atoms with Gasteiger partial charge < -0.3 is 10.2 Å². The molecule has 148 valence electrons. The first-order valence-electron chi connectivity index (χ1n) is 8.83. The van der Waals surface area contributed by atoms with Crippen molar-refractivity contribution < 1.29 is 14.5 Å². The van der Waals surface area contributed by atoms with Crippen molar-refractivity contribution >= 4 is 34.5 Å². The van der Waals surface area contributed by atoms with Crippen LogP contribution in [0, 0.1) is 10.1 Å². The molecule has 0 bridgehead atoms. The average Bonchev–Trinajstić information content (AvgIpc) is 3.28. The van der Waals surface area contributed by atoms with Gasteiger partial charge in [0.1, 0.15) is 0 Å². The van der Waals surface area contributed by atoms with Gasteiger partial charge in [0.2, 0.25) is 0 Å². The molecule has 0 radical (unpaired) electrons. The predicted molar refractivity (Wildman–Crippen MR) is 112 cm³/mol. The van der Waals surface area contributed by atoms with E-state index in [1.165, 1.54) is 28.4 Å². The molecule has 1 N–H and O–H groups in total. The Hall–Kier alpha value is -3.52. The molecule has 2 amide bonds. The molecule has 0 aliphatic heterocycles. The molecule has 1 heterocycles. The van der Waals surface area contributed by atoms with Crippen LogP contribution in [0.5, 0.6) is 0 Å². The third kappa shape index (κ3) is 4.67. The Balaban J connectivity index is 1.70. The van der Waals surface area contributed by atoms with Gasteiger partial charge in [0.25, 0.3) is 17.5 Å². The van der Waals surface area contributed by atoms with Crippen LogP contribution in [0.4, 0.5) is 11.4 Å². The number of amides is 2. The second-order valence-corrected chi connectivity index (χ2v) is 7.40. The minimum Gasteiger partial charge on any atom is -0.335 e. The third-order valence-corrected chi connectivity index (χ3v) is 5.47. The molecule has 0 unspecified atom stereocenters. The molecular weight excluding hydrogens is 390 g/mol. The fourth-order valence-electron chi connectivity index (χ4n) is 2.80. The highest BCUT2D eigenvalue weighted by molar-refractivity contribution is 7.12. The highest BCUT2D eigenvalue weighted by Crippen LogP contribution is 2.24. The molecular formula is C21H19N3O4S. The maximum absolute atomic E-state index is 12.8. The van der Waals surface area contributed by atoms with Crippen molar-refractivity contribution in [3.05, 3.63) is 92.2 Å². The quantitative estimate of drug-likeness (QED) is 0.470. The van der Waals surface area contributed by atoms with Gasteiger partial charge in [-0.2, -0.15) is 0 Å². The minimum absolute atomic E-state index is 0.0129. The van der Waals surface area contributed by atoms with E-state index in [4.69, 9.17) is 0 Å². The molecule has 0 spiro atoms. The molecule has 2 aromatic carbocycles. The number of benzene rings is 2. The average molecular weight is 409 g/mol. The van der Waals surface area contributed by atoms with Crippen LogP contribution in [-0.2, 0) is 0 Å². The molecule has 0 fully saturated rings. The number of carbonyl (C=O) groups is 2. The number of hydrogen-bond donors (Lipinski definition) is 1. The number of nitro groups is 1. The third-order valence-electron chi connectivity index (χ3n) is 4.60. The maximum Gasteiger partial charge on any atom is 0.269 e. The number of hydrogen-bond acceptors (Lipinski definition) is 5. The van der Waals surface area contributed by atoms with Crippen LogP contribution in [0.25, 0.3) is 0 Å². The summed E-state index contributed by atoms with van der Waals surface area (Å²) >= 11 is 1.35. The zero-order valence-corrected chi connectivity index (χ0v) is 16.7. The first kappa shape index (κ1) is 20.2. The summed E-state index contributed by atoms with van der Waals surface area (Å²) in [6, 6.07) is 16.1. The van der Waals surface area contributed by atoms with E-state index < -0.39 is 4.92 Å². The molecule has 8 heteroatoms. The van der Waals surface area contributed by atoms with Gasteiger partial charge >= 0.3 is 0 Å². The summed E-state index contributed by atoms with van der Waals surface area (Å²) < 4.78 is 0. The van der Waals surface area contributed by atoms with Crippen molar-refractivity contribution in [2.75, 3.05) is 12.4 Å². The van der Waals surface area contributed by atoms with Gasteiger partial charge in [0.15, 0.2) is 0 Å². The lowest BCUT2D eigenvalue weighted by molar-refractivity contribution is -0.384. The number of anilines is 1. The Morgan fingerprint density at radius 1 is 1.10 bits per heavy atom. The Morgan fingerprint density at radius 3 is 2.45 bits per heavy atom. The molecule has 3 aromatic rings. The van der Waals surface area contributed by atoms with E-state index in [-0.39, 0.29) is 23.5 Å². The van der Waals surface area contributed by atoms with E-state index >= 15 is 0 Å². The van der Waals surface area contributed by atoms with Crippen LogP contribution in [0.2, 0.25) is 0 Å². The highest BCUT2D eigenvalue weighted by Gasteiger charge is 2.20. The van der Waals surface area contributed by atoms with E-state index in [0.717, 1.165) is 0 Å². The van der Waals surface area contributed by atoms with Crippen LogP contribution in [0.1, 0.15) is 38.6 Å². The topological polar surface area (TPSA) is 92.6 Å². The van der Waals surface area contributed by atoms with Crippen LogP contribution < -0.4 is 5.32 Å². The van der Waals surface area contributed by atoms with E-state index in [2.05, 4.69) is 5.32 Å². The van der Waals surface area contributed by atoms with Crippen LogP contribution in [0.15, 0.2) is 66.0 Å². The molecule has 3 rings (SSSR count). The van der Waals surface area contributed by atoms with E-state index in [9.17, 15) is 19.7 Å². The lowest BCUT2D eigenvalue weighted by Crippen LogP contribution is -2.29. The van der Waals surface area contributed by atoms with Gasteiger partial charge in [0, 0.05) is 30.4 Å². The van der Waals surface area contributed by atoms with E-state index in [1.807, 2.05) is 12.3 Å². The van der Waals surface area contributed by atoms with Crippen LogP contribution in [0.3, 0.4) is 0 Å². The van der Waals surface area contributed by atoms with Crippen LogP contribution >= 0.6 is 11.3 Å². The van der Waals surface area contributed by atoms with Crippen molar-refractivity contribution in [3.8, 4) is 0 Å². The summed E-state index contributed by atoms with van der Waals surface area (Å²) in [6.45, 7) is 1.81. The first-order chi connectivity index (χ1) is 13.9. The van der Waals surface area contributed by atoms with Gasteiger partial charge in [-0.05, 0) is 48.2 Å². The maximum atomic E-state index is 12.8. The van der Waals surface area contributed by atoms with E-state index in [0.29, 0.717) is 21.7 Å². The molecule has 29 heavy (non-hydrogen) atoms. The smallest absolute Gasteiger partial charge is 0.269 e. The van der Waals surface area contributed by atoms with Gasteiger partial charge in [-0.1, -0.05) is 18.2 Å². The monoisotopic (exact) mass is 409 g/mol. The second-order valence-electron chi connectivity index (χ2n) is 6.45. The molecule has 0 saturated carbocycles. The van der Waals surface area contributed by atoms with Gasteiger partial charge in [-0.3, -0.25) is 19.7 Å². The number of non-ortho nitro benzene ring substituents is 1. The Bertz CT molecular complexity index is 1030. The molecule has 0 aliphatic rings. The zero-order chi connectivity index (χ0) is 21.0. The van der Waals surface area contributed by atoms with Gasteiger partial charge in [-0.15, -0.1) is 11.3 Å². The van der Waals surface area contributed by atoms with Crippen molar-refractivity contribution in [2.24, 2.45) is 0 Å². The second kappa shape index (κ2) is 8.66. The van der Waals surface area contributed by atoms with Gasteiger partial charge in [-0.25, -0.2) is 0 Å². The van der Waals surface area contributed by atoms with Crippen molar-refractivity contribution in [2.45, 2.75) is 13.0 Å². The number of nitro benzene ring substituents is 1. The normalized spacial score (nSPS) is 11.5. The summed E-state index contributed by atoms with van der Waals surface area (Å²) in [5.41, 5.74) is 1.71. The Kier molecular flexibility index (Phi) is 6.04. The van der Waals surface area contributed by atoms with Crippen LogP contribution in [-0.4, -0.2) is 28.7 Å². The van der Waals surface area contributed by atoms with E-state index in [1.54, 1.807) is 55.6 Å². The van der Waals surface area contributed by atoms with Crippen molar-refractivity contribution in [1.82, 2.24) is 4.90 Å². The number of thiophene rings is 1. The number of nitrogens with one attached hydrogen (secondary N) is 1. The summed E-state index contributed by atoms with van der Waals surface area (Å²) in [5.74, 6) is -0.421.